The highest BCUT2D eigenvalue weighted by atomic mass is 19.1. The van der Waals surface area contributed by atoms with Crippen molar-refractivity contribution in [2.75, 3.05) is 36.4 Å². The lowest BCUT2D eigenvalue weighted by Crippen LogP contribution is -2.48. The number of halogens is 1. The zero-order valence-corrected chi connectivity index (χ0v) is 12.9. The molecule has 3 rings (SSSR count). The third-order valence-electron chi connectivity index (χ3n) is 3.80. The van der Waals surface area contributed by atoms with E-state index in [2.05, 4.69) is 20.2 Å². The number of piperazine rings is 1. The van der Waals surface area contributed by atoms with Gasteiger partial charge in [-0.25, -0.2) is 14.4 Å². The first-order valence-corrected chi connectivity index (χ1v) is 7.47. The minimum atomic E-state index is -0.301. The molecule has 23 heavy (non-hydrogen) atoms. The largest absolute Gasteiger partial charge is 0.353 e. The first kappa shape index (κ1) is 15.2. The standard InChI is InChI=1S/C16H18FN5O/c1-12(23)21-5-7-22(8-6-21)16-10-15(18-11-19-16)20-14-4-2-3-13(17)9-14/h2-4,9-11H,5-8H2,1H3,(H,18,19,20). The molecular weight excluding hydrogens is 297 g/mol. The molecule has 2 aromatic rings. The Morgan fingerprint density at radius 3 is 2.65 bits per heavy atom. The van der Waals surface area contributed by atoms with Crippen LogP contribution in [0, 0.1) is 5.82 Å². The molecule has 1 fully saturated rings. The second kappa shape index (κ2) is 6.60. The van der Waals surface area contributed by atoms with Crippen molar-refractivity contribution in [2.24, 2.45) is 0 Å². The number of hydrogen-bond acceptors (Lipinski definition) is 5. The first-order valence-electron chi connectivity index (χ1n) is 7.47. The zero-order chi connectivity index (χ0) is 16.2. The number of benzene rings is 1. The number of hydrogen-bond donors (Lipinski definition) is 1. The fourth-order valence-corrected chi connectivity index (χ4v) is 2.55. The van der Waals surface area contributed by atoms with Crippen LogP contribution in [0.5, 0.6) is 0 Å². The van der Waals surface area contributed by atoms with Gasteiger partial charge in [-0.3, -0.25) is 4.79 Å². The lowest BCUT2D eigenvalue weighted by Gasteiger charge is -2.34. The van der Waals surface area contributed by atoms with Crippen LogP contribution in [0.3, 0.4) is 0 Å². The topological polar surface area (TPSA) is 61.4 Å². The van der Waals surface area contributed by atoms with Gasteiger partial charge in [-0.05, 0) is 18.2 Å². The van der Waals surface area contributed by atoms with Crippen LogP contribution in [0.4, 0.5) is 21.7 Å². The Morgan fingerprint density at radius 1 is 1.17 bits per heavy atom. The third kappa shape index (κ3) is 3.74. The van der Waals surface area contributed by atoms with Gasteiger partial charge in [0.15, 0.2) is 0 Å². The van der Waals surface area contributed by atoms with Crippen LogP contribution >= 0.6 is 0 Å². The predicted octanol–water partition coefficient (Wildman–Crippen LogP) is 2.03. The fraction of sp³-hybridized carbons (Fsp3) is 0.312. The van der Waals surface area contributed by atoms with Gasteiger partial charge in [-0.15, -0.1) is 0 Å². The molecule has 2 heterocycles. The number of nitrogens with one attached hydrogen (secondary N) is 1. The average Bonchev–Trinajstić information content (AvgIpc) is 2.55. The van der Waals surface area contributed by atoms with Crippen LogP contribution in [0.2, 0.25) is 0 Å². The summed E-state index contributed by atoms with van der Waals surface area (Å²) in [5, 5.41) is 3.07. The molecule has 1 aromatic heterocycles. The minimum absolute atomic E-state index is 0.0980. The summed E-state index contributed by atoms with van der Waals surface area (Å²) in [7, 11) is 0. The van der Waals surface area contributed by atoms with Gasteiger partial charge in [0.1, 0.15) is 23.8 Å². The van der Waals surface area contributed by atoms with Gasteiger partial charge in [0, 0.05) is 44.9 Å². The van der Waals surface area contributed by atoms with Gasteiger partial charge in [0.2, 0.25) is 5.91 Å². The summed E-state index contributed by atoms with van der Waals surface area (Å²) in [5.41, 5.74) is 0.635. The summed E-state index contributed by atoms with van der Waals surface area (Å²) in [6.45, 7) is 4.42. The van der Waals surface area contributed by atoms with Crippen molar-refractivity contribution in [3.63, 3.8) is 0 Å². The van der Waals surface area contributed by atoms with E-state index in [1.807, 2.05) is 11.0 Å². The molecule has 6 nitrogen and oxygen atoms in total. The SMILES string of the molecule is CC(=O)N1CCN(c2cc(Nc3cccc(F)c3)ncn2)CC1. The fourth-order valence-electron chi connectivity index (χ4n) is 2.55. The van der Waals surface area contributed by atoms with E-state index in [-0.39, 0.29) is 11.7 Å². The maximum atomic E-state index is 13.2. The number of aromatic nitrogens is 2. The van der Waals surface area contributed by atoms with Crippen molar-refractivity contribution < 1.29 is 9.18 Å². The van der Waals surface area contributed by atoms with Crippen LogP contribution < -0.4 is 10.2 Å². The van der Waals surface area contributed by atoms with Crippen molar-refractivity contribution in [1.82, 2.24) is 14.9 Å². The third-order valence-corrected chi connectivity index (χ3v) is 3.80. The Kier molecular flexibility index (Phi) is 4.36. The molecule has 1 saturated heterocycles. The number of nitrogens with zero attached hydrogens (tertiary/aromatic N) is 4. The summed E-state index contributed by atoms with van der Waals surface area (Å²) >= 11 is 0. The highest BCUT2D eigenvalue weighted by molar-refractivity contribution is 5.73. The second-order valence-corrected chi connectivity index (χ2v) is 5.39. The van der Waals surface area contributed by atoms with Crippen LogP contribution in [0.1, 0.15) is 6.92 Å². The van der Waals surface area contributed by atoms with Crippen molar-refractivity contribution in [2.45, 2.75) is 6.92 Å². The molecule has 1 aromatic carbocycles. The summed E-state index contributed by atoms with van der Waals surface area (Å²) in [4.78, 5) is 23.8. The molecule has 0 aliphatic carbocycles. The zero-order valence-electron chi connectivity index (χ0n) is 12.9. The smallest absolute Gasteiger partial charge is 0.219 e. The van der Waals surface area contributed by atoms with Gasteiger partial charge in [-0.1, -0.05) is 6.07 Å². The van der Waals surface area contributed by atoms with E-state index in [4.69, 9.17) is 0 Å². The average molecular weight is 315 g/mol. The number of carbonyl (C=O) groups is 1. The maximum Gasteiger partial charge on any atom is 0.219 e. The molecule has 0 spiro atoms. The van der Waals surface area contributed by atoms with Gasteiger partial charge in [0.05, 0.1) is 0 Å². The molecule has 1 aliphatic heterocycles. The molecule has 120 valence electrons. The number of rotatable bonds is 3. The Labute approximate surface area is 134 Å². The molecule has 0 atom stereocenters. The normalized spacial score (nSPS) is 14.7. The van der Waals surface area contributed by atoms with Crippen molar-refractivity contribution in [3.8, 4) is 0 Å². The summed E-state index contributed by atoms with van der Waals surface area (Å²) in [5.74, 6) is 1.20. The van der Waals surface area contributed by atoms with E-state index in [0.29, 0.717) is 24.6 Å². The molecule has 0 unspecified atom stereocenters. The number of anilines is 3. The van der Waals surface area contributed by atoms with Crippen LogP contribution in [-0.4, -0.2) is 47.0 Å². The first-order chi connectivity index (χ1) is 11.1. The lowest BCUT2D eigenvalue weighted by molar-refractivity contribution is -0.129. The van der Waals surface area contributed by atoms with Crippen molar-refractivity contribution in [1.29, 1.82) is 0 Å². The Balaban J connectivity index is 1.69. The van der Waals surface area contributed by atoms with Crippen LogP contribution in [-0.2, 0) is 4.79 Å². The van der Waals surface area contributed by atoms with E-state index >= 15 is 0 Å². The number of amides is 1. The second-order valence-electron chi connectivity index (χ2n) is 5.39. The van der Waals surface area contributed by atoms with Crippen molar-refractivity contribution in [3.05, 3.63) is 42.5 Å². The lowest BCUT2D eigenvalue weighted by atomic mass is 10.3. The van der Waals surface area contributed by atoms with E-state index < -0.39 is 0 Å². The predicted molar refractivity (Wildman–Crippen MR) is 86.2 cm³/mol. The Hall–Kier alpha value is -2.70. The molecule has 7 heteroatoms. The quantitative estimate of drug-likeness (QED) is 0.939. The van der Waals surface area contributed by atoms with Crippen LogP contribution in [0.15, 0.2) is 36.7 Å². The van der Waals surface area contributed by atoms with E-state index in [9.17, 15) is 9.18 Å². The maximum absolute atomic E-state index is 13.2. The summed E-state index contributed by atoms with van der Waals surface area (Å²) < 4.78 is 13.2. The van der Waals surface area contributed by atoms with Gasteiger partial charge < -0.3 is 15.1 Å². The molecule has 0 saturated carbocycles. The highest BCUT2D eigenvalue weighted by Gasteiger charge is 2.19. The molecular formula is C16H18FN5O. The molecule has 1 N–H and O–H groups in total. The number of carbonyl (C=O) groups excluding carboxylic acids is 1. The Morgan fingerprint density at radius 2 is 1.96 bits per heavy atom. The van der Waals surface area contributed by atoms with E-state index in [1.54, 1.807) is 19.1 Å². The van der Waals surface area contributed by atoms with Crippen LogP contribution in [0.25, 0.3) is 0 Å². The highest BCUT2D eigenvalue weighted by Crippen LogP contribution is 2.20. The van der Waals surface area contributed by atoms with E-state index in [1.165, 1.54) is 18.5 Å². The van der Waals surface area contributed by atoms with E-state index in [0.717, 1.165) is 18.9 Å². The molecule has 0 radical (unpaired) electrons. The van der Waals surface area contributed by atoms with Gasteiger partial charge in [0.25, 0.3) is 0 Å². The Bertz CT molecular complexity index is 700. The molecule has 1 amide bonds. The van der Waals surface area contributed by atoms with Gasteiger partial charge in [-0.2, -0.15) is 0 Å². The monoisotopic (exact) mass is 315 g/mol. The summed E-state index contributed by atoms with van der Waals surface area (Å²) in [6.07, 6.45) is 1.48. The summed E-state index contributed by atoms with van der Waals surface area (Å²) in [6, 6.07) is 8.05. The minimum Gasteiger partial charge on any atom is -0.353 e. The molecule has 1 aliphatic rings. The van der Waals surface area contributed by atoms with Gasteiger partial charge >= 0.3 is 0 Å². The van der Waals surface area contributed by atoms with Crippen molar-refractivity contribution >= 4 is 23.2 Å². The molecule has 0 bridgehead atoms.